The van der Waals surface area contributed by atoms with E-state index in [1.54, 1.807) is 6.20 Å². The van der Waals surface area contributed by atoms with Crippen LogP contribution in [0.1, 0.15) is 43.0 Å². The van der Waals surface area contributed by atoms with Crippen LogP contribution in [0, 0.1) is 5.92 Å². The van der Waals surface area contributed by atoms with Crippen LogP contribution in [0.5, 0.6) is 0 Å². The lowest BCUT2D eigenvalue weighted by Gasteiger charge is -2.27. The highest BCUT2D eigenvalue weighted by molar-refractivity contribution is 7.98. The summed E-state index contributed by atoms with van der Waals surface area (Å²) in [5, 5.41) is 3.95. The molecular weight excluding hydrogens is 244 g/mol. The van der Waals surface area contributed by atoms with Gasteiger partial charge in [-0.1, -0.05) is 19.8 Å². The van der Waals surface area contributed by atoms with Gasteiger partial charge in [-0.2, -0.15) is 0 Å². The number of hydrogen-bond donors (Lipinski definition) is 1. The quantitative estimate of drug-likeness (QED) is 0.853. The van der Waals surface area contributed by atoms with Crippen molar-refractivity contribution >= 4 is 17.7 Å². The molecule has 0 spiro atoms. The van der Waals surface area contributed by atoms with Gasteiger partial charge >= 0.3 is 0 Å². The van der Waals surface area contributed by atoms with E-state index in [0.717, 1.165) is 23.8 Å². The van der Waals surface area contributed by atoms with E-state index in [1.807, 2.05) is 18.4 Å². The largest absolute Gasteiger partial charge is 0.349 e. The summed E-state index contributed by atoms with van der Waals surface area (Å²) in [6.45, 7) is 2.26. The molecule has 2 atom stereocenters. The maximum absolute atomic E-state index is 12.2. The van der Waals surface area contributed by atoms with Gasteiger partial charge in [-0.05, 0) is 37.1 Å². The van der Waals surface area contributed by atoms with E-state index in [4.69, 9.17) is 0 Å². The summed E-state index contributed by atoms with van der Waals surface area (Å²) >= 11 is 1.51. The Bertz CT molecular complexity index is 422. The van der Waals surface area contributed by atoms with Crippen LogP contribution in [-0.4, -0.2) is 23.2 Å². The van der Waals surface area contributed by atoms with Gasteiger partial charge in [0.2, 0.25) is 0 Å². The van der Waals surface area contributed by atoms with Crippen LogP contribution >= 0.6 is 11.8 Å². The summed E-state index contributed by atoms with van der Waals surface area (Å²) in [6.07, 6.45) is 8.38. The van der Waals surface area contributed by atoms with Gasteiger partial charge in [-0.15, -0.1) is 11.8 Å². The highest BCUT2D eigenvalue weighted by Crippen LogP contribution is 2.24. The minimum atomic E-state index is 0.0200. The second-order valence-corrected chi connectivity index (χ2v) is 5.80. The van der Waals surface area contributed by atoms with Crippen molar-refractivity contribution in [2.24, 2.45) is 5.92 Å². The van der Waals surface area contributed by atoms with Crippen LogP contribution in [0.4, 0.5) is 0 Å². The molecule has 0 aliphatic heterocycles. The smallest absolute Gasteiger partial charge is 0.254 e. The van der Waals surface area contributed by atoms with Gasteiger partial charge < -0.3 is 5.32 Å². The third-order valence-corrected chi connectivity index (χ3v) is 4.19. The van der Waals surface area contributed by atoms with E-state index >= 15 is 0 Å². The lowest BCUT2D eigenvalue weighted by Crippen LogP contribution is -2.38. The number of hydrogen-bond acceptors (Lipinski definition) is 3. The number of nitrogens with one attached hydrogen (secondary N) is 1. The number of nitrogens with zero attached hydrogens (tertiary/aromatic N) is 1. The first-order valence-electron chi connectivity index (χ1n) is 6.50. The normalized spacial score (nSPS) is 23.7. The van der Waals surface area contributed by atoms with Crippen molar-refractivity contribution in [2.45, 2.75) is 43.7 Å². The monoisotopic (exact) mass is 264 g/mol. The molecule has 1 aliphatic carbocycles. The van der Waals surface area contributed by atoms with E-state index in [2.05, 4.69) is 17.2 Å². The minimum Gasteiger partial charge on any atom is -0.349 e. The molecule has 0 aromatic carbocycles. The van der Waals surface area contributed by atoms with E-state index in [9.17, 15) is 4.79 Å². The minimum absolute atomic E-state index is 0.0200. The summed E-state index contributed by atoms with van der Waals surface area (Å²) in [6, 6.07) is 4.00. The van der Waals surface area contributed by atoms with Crippen LogP contribution in [0.25, 0.3) is 0 Å². The molecule has 3 nitrogen and oxygen atoms in total. The topological polar surface area (TPSA) is 42.0 Å². The molecule has 1 aliphatic rings. The van der Waals surface area contributed by atoms with E-state index < -0.39 is 0 Å². The average molecular weight is 264 g/mol. The van der Waals surface area contributed by atoms with E-state index in [1.165, 1.54) is 24.6 Å². The maximum Gasteiger partial charge on any atom is 0.254 e. The number of amides is 1. The van der Waals surface area contributed by atoms with Gasteiger partial charge in [-0.3, -0.25) is 4.79 Å². The molecule has 0 saturated heterocycles. The summed E-state index contributed by atoms with van der Waals surface area (Å²) in [5.41, 5.74) is 0.697. The van der Waals surface area contributed by atoms with Crippen LogP contribution in [0.15, 0.2) is 23.4 Å². The molecule has 1 fully saturated rings. The fraction of sp³-hybridized carbons (Fsp3) is 0.571. The molecule has 0 unspecified atom stereocenters. The Morgan fingerprint density at radius 2 is 2.33 bits per heavy atom. The van der Waals surface area contributed by atoms with Crippen molar-refractivity contribution in [3.05, 3.63) is 23.9 Å². The Labute approximate surface area is 113 Å². The highest BCUT2D eigenvalue weighted by atomic mass is 32.2. The van der Waals surface area contributed by atoms with Crippen molar-refractivity contribution < 1.29 is 4.79 Å². The first kappa shape index (κ1) is 13.4. The van der Waals surface area contributed by atoms with Crippen molar-refractivity contribution in [3.8, 4) is 0 Å². The fourth-order valence-corrected chi connectivity index (χ4v) is 3.10. The molecular formula is C14H20N2OS. The third kappa shape index (κ3) is 3.25. The van der Waals surface area contributed by atoms with Crippen LogP contribution in [0.2, 0.25) is 0 Å². The summed E-state index contributed by atoms with van der Waals surface area (Å²) in [4.78, 5) is 16.5. The number of thioether (sulfide) groups is 1. The second kappa shape index (κ2) is 6.23. The van der Waals surface area contributed by atoms with Crippen molar-refractivity contribution in [3.63, 3.8) is 0 Å². The molecule has 1 N–H and O–H groups in total. The van der Waals surface area contributed by atoms with Crippen LogP contribution in [0.3, 0.4) is 0 Å². The van der Waals surface area contributed by atoms with Gasteiger partial charge in [0.1, 0.15) is 5.03 Å². The Hall–Kier alpha value is -1.03. The number of rotatable bonds is 3. The summed E-state index contributed by atoms with van der Waals surface area (Å²) < 4.78 is 0. The number of aromatic nitrogens is 1. The molecule has 4 heteroatoms. The Balaban J connectivity index is 2.03. The molecule has 0 radical (unpaired) electrons. The molecule has 1 amide bonds. The summed E-state index contributed by atoms with van der Waals surface area (Å²) in [7, 11) is 0. The van der Waals surface area contributed by atoms with E-state index in [0.29, 0.717) is 11.6 Å². The average Bonchev–Trinajstić information content (AvgIpc) is 2.38. The molecule has 1 saturated carbocycles. The number of carbonyl (C=O) groups is 1. The van der Waals surface area contributed by atoms with Crippen LogP contribution in [-0.2, 0) is 0 Å². The molecule has 98 valence electrons. The number of carbonyl (C=O) groups excluding carboxylic acids is 1. The Morgan fingerprint density at radius 1 is 1.50 bits per heavy atom. The molecule has 1 heterocycles. The molecule has 1 aromatic heterocycles. The SMILES string of the molecule is CSc1ncccc1C(=O)N[C@H]1CCC[C@@H](C)C1. The Kier molecular flexibility index (Phi) is 4.64. The molecule has 1 aromatic rings. The maximum atomic E-state index is 12.2. The van der Waals surface area contributed by atoms with Gasteiger partial charge in [-0.25, -0.2) is 4.98 Å². The molecule has 0 bridgehead atoms. The second-order valence-electron chi connectivity index (χ2n) is 5.00. The van der Waals surface area contributed by atoms with Crippen molar-refractivity contribution in [1.82, 2.24) is 10.3 Å². The Morgan fingerprint density at radius 3 is 3.06 bits per heavy atom. The zero-order valence-electron chi connectivity index (χ0n) is 11.0. The van der Waals surface area contributed by atoms with Crippen molar-refractivity contribution in [1.29, 1.82) is 0 Å². The molecule has 2 rings (SSSR count). The van der Waals surface area contributed by atoms with Gasteiger partial charge in [0, 0.05) is 12.2 Å². The fourth-order valence-electron chi connectivity index (χ4n) is 2.55. The zero-order chi connectivity index (χ0) is 13.0. The lowest BCUT2D eigenvalue weighted by atomic mass is 9.87. The van der Waals surface area contributed by atoms with Crippen molar-refractivity contribution in [2.75, 3.05) is 6.26 Å². The molecule has 18 heavy (non-hydrogen) atoms. The van der Waals surface area contributed by atoms with Gasteiger partial charge in [0.05, 0.1) is 5.56 Å². The predicted molar refractivity (Wildman–Crippen MR) is 74.9 cm³/mol. The van der Waals surface area contributed by atoms with Crippen LogP contribution < -0.4 is 5.32 Å². The summed E-state index contributed by atoms with van der Waals surface area (Å²) in [5.74, 6) is 0.740. The standard InChI is InChI=1S/C14H20N2OS/c1-10-5-3-6-11(9-10)16-13(17)12-7-4-8-15-14(12)18-2/h4,7-8,10-11H,3,5-6,9H2,1-2H3,(H,16,17)/t10-,11+/m1/s1. The predicted octanol–water partition coefficient (Wildman–Crippen LogP) is 3.11. The van der Waals surface area contributed by atoms with Gasteiger partial charge in [0.15, 0.2) is 0 Å². The van der Waals surface area contributed by atoms with Gasteiger partial charge in [0.25, 0.3) is 5.91 Å². The van der Waals surface area contributed by atoms with E-state index in [-0.39, 0.29) is 5.91 Å². The number of pyridine rings is 1. The first-order valence-corrected chi connectivity index (χ1v) is 7.73. The zero-order valence-corrected chi connectivity index (χ0v) is 11.8. The third-order valence-electron chi connectivity index (χ3n) is 3.48. The first-order chi connectivity index (χ1) is 8.70. The lowest BCUT2D eigenvalue weighted by molar-refractivity contribution is 0.0917. The highest BCUT2D eigenvalue weighted by Gasteiger charge is 2.21.